The van der Waals surface area contributed by atoms with Gasteiger partial charge in [0.1, 0.15) is 11.8 Å². The normalized spacial score (nSPS) is 12.2. The van der Waals surface area contributed by atoms with Gasteiger partial charge in [-0.15, -0.1) is 0 Å². The molecule has 0 amide bonds. The van der Waals surface area contributed by atoms with Crippen LogP contribution in [0.25, 0.3) is 0 Å². The summed E-state index contributed by atoms with van der Waals surface area (Å²) in [6, 6.07) is 3.75. The van der Waals surface area contributed by atoms with E-state index in [9.17, 15) is 0 Å². The Morgan fingerprint density at radius 2 is 1.92 bits per heavy atom. The lowest BCUT2D eigenvalue weighted by Gasteiger charge is -2.04. The first-order valence-corrected chi connectivity index (χ1v) is 4.55. The number of nitrogens with zero attached hydrogens (tertiary/aromatic N) is 1. The molecule has 0 saturated heterocycles. The lowest BCUT2D eigenvalue weighted by atomic mass is 10.3. The maximum Gasteiger partial charge on any atom is 0.272 e. The summed E-state index contributed by atoms with van der Waals surface area (Å²) < 4.78 is 10.3. The van der Waals surface area contributed by atoms with Gasteiger partial charge in [0.2, 0.25) is 5.69 Å². The van der Waals surface area contributed by atoms with Gasteiger partial charge in [-0.2, -0.15) is 0 Å². The highest BCUT2D eigenvalue weighted by Gasteiger charge is 2.24. The Bertz CT molecular complexity index is 363. The molecule has 1 aromatic carbocycles. The number of fused-ring (bicyclic) bond motifs is 1. The summed E-state index contributed by atoms with van der Waals surface area (Å²) in [5, 5.41) is 0. The van der Waals surface area contributed by atoms with Gasteiger partial charge in [-0.25, -0.2) is 0 Å². The van der Waals surface area contributed by atoms with Crippen LogP contribution in [-0.4, -0.2) is 19.8 Å². The molecule has 13 heavy (non-hydrogen) atoms. The third-order valence-corrected chi connectivity index (χ3v) is 2.52. The maximum atomic E-state index is 5.15. The molecule has 0 unspecified atom stereocenters. The average molecular weight is 194 g/mol. The van der Waals surface area contributed by atoms with Crippen LogP contribution in [0.5, 0.6) is 11.5 Å². The Balaban J connectivity index is 2.51. The van der Waals surface area contributed by atoms with E-state index < -0.39 is 0 Å². The van der Waals surface area contributed by atoms with Gasteiger partial charge in [-0.05, 0) is 0 Å². The summed E-state index contributed by atoms with van der Waals surface area (Å²) in [5.74, 6) is 1.43. The van der Waals surface area contributed by atoms with Crippen LogP contribution in [0.3, 0.4) is 0 Å². The summed E-state index contributed by atoms with van der Waals surface area (Å²) in [5.41, 5.74) is 3.71. The first-order valence-electron chi connectivity index (χ1n) is 3.73. The van der Waals surface area contributed by atoms with Crippen LogP contribution in [0.15, 0.2) is 22.0 Å². The van der Waals surface area contributed by atoms with Crippen LogP contribution in [0, 0.1) is 0 Å². The molecule has 3 nitrogen and oxygen atoms in total. The third-order valence-electron chi connectivity index (χ3n) is 1.79. The molecule has 1 aliphatic heterocycles. The van der Waals surface area contributed by atoms with E-state index in [1.54, 1.807) is 14.2 Å². The van der Waals surface area contributed by atoms with Gasteiger partial charge < -0.3 is 9.47 Å². The fraction of sp³-hybridized carbons (Fsp3) is 0.222. The number of benzene rings is 1. The molecule has 0 aromatic heterocycles. The molecule has 1 heterocycles. The van der Waals surface area contributed by atoms with E-state index in [4.69, 9.17) is 9.47 Å². The summed E-state index contributed by atoms with van der Waals surface area (Å²) in [4.78, 5) is 5.11. The molecule has 0 aliphatic carbocycles. The van der Waals surface area contributed by atoms with Crippen LogP contribution in [0.2, 0.25) is 0 Å². The van der Waals surface area contributed by atoms with Crippen molar-refractivity contribution in [3.05, 3.63) is 12.1 Å². The standard InChI is InChI=1S/C9H8NO2S/c1-11-7-3-6-9(13-5-10-6)4-8(7)12-2/h3-4H,1-2H3/q+1. The highest BCUT2D eigenvalue weighted by molar-refractivity contribution is 8.12. The molecule has 0 N–H and O–H groups in total. The summed E-state index contributed by atoms with van der Waals surface area (Å²) >= 11 is 1.46. The second-order valence-electron chi connectivity index (χ2n) is 2.48. The zero-order valence-electron chi connectivity index (χ0n) is 7.33. The van der Waals surface area contributed by atoms with Crippen molar-refractivity contribution < 1.29 is 9.47 Å². The lowest BCUT2D eigenvalue weighted by molar-refractivity contribution is 0.354. The van der Waals surface area contributed by atoms with Crippen LogP contribution in [-0.2, 0) is 0 Å². The Labute approximate surface area is 80.8 Å². The van der Waals surface area contributed by atoms with Crippen molar-refractivity contribution in [2.75, 3.05) is 14.2 Å². The monoisotopic (exact) mass is 194 g/mol. The Kier molecular flexibility index (Phi) is 2.08. The fourth-order valence-electron chi connectivity index (χ4n) is 1.14. The number of hydrogen-bond acceptors (Lipinski definition) is 4. The first kappa shape index (κ1) is 8.35. The minimum Gasteiger partial charge on any atom is -0.493 e. The Morgan fingerprint density at radius 3 is 2.62 bits per heavy atom. The number of ether oxygens (including phenoxy) is 2. The molecule has 66 valence electrons. The van der Waals surface area contributed by atoms with Crippen LogP contribution < -0.4 is 9.47 Å². The van der Waals surface area contributed by atoms with Crippen LogP contribution in [0.4, 0.5) is 5.69 Å². The second kappa shape index (κ2) is 3.24. The zero-order valence-corrected chi connectivity index (χ0v) is 8.14. The molecular formula is C9H8NO2S+. The molecule has 0 bridgehead atoms. The van der Waals surface area contributed by atoms with Crippen molar-refractivity contribution in [3.8, 4) is 11.5 Å². The highest BCUT2D eigenvalue weighted by Crippen LogP contribution is 2.42. The fourth-order valence-corrected chi connectivity index (χ4v) is 1.76. The predicted molar refractivity (Wildman–Crippen MR) is 52.5 cm³/mol. The summed E-state index contributed by atoms with van der Waals surface area (Å²) in [7, 11) is 3.23. The quantitative estimate of drug-likeness (QED) is 0.677. The lowest BCUT2D eigenvalue weighted by Crippen LogP contribution is -1.89. The highest BCUT2D eigenvalue weighted by atomic mass is 32.2. The molecule has 0 spiro atoms. The summed E-state index contributed by atoms with van der Waals surface area (Å²) in [6.07, 6.45) is 0. The summed E-state index contributed by atoms with van der Waals surface area (Å²) in [6.45, 7) is 0. The second-order valence-corrected chi connectivity index (χ2v) is 3.31. The minimum atomic E-state index is 0.703. The predicted octanol–water partition coefficient (Wildman–Crippen LogP) is 2.35. The van der Waals surface area contributed by atoms with E-state index in [1.807, 2.05) is 12.1 Å². The Hall–Kier alpha value is -1.25. The number of hydrogen-bond donors (Lipinski definition) is 0. The van der Waals surface area contributed by atoms with E-state index in [0.717, 1.165) is 16.3 Å². The van der Waals surface area contributed by atoms with E-state index in [1.165, 1.54) is 11.8 Å². The number of aliphatic imine (C=N–C) groups is 1. The number of thioether (sulfide) groups is 1. The molecule has 0 radical (unpaired) electrons. The molecule has 0 fully saturated rings. The van der Waals surface area contributed by atoms with Crippen molar-refractivity contribution >= 4 is 23.0 Å². The SMILES string of the molecule is COc1cc2c(cc1OC)S[C+]=N2. The van der Waals surface area contributed by atoms with E-state index in [2.05, 4.69) is 10.5 Å². The molecule has 0 saturated carbocycles. The van der Waals surface area contributed by atoms with Gasteiger partial charge in [0, 0.05) is 11.1 Å². The van der Waals surface area contributed by atoms with Gasteiger partial charge in [0.15, 0.2) is 16.4 Å². The number of rotatable bonds is 2. The topological polar surface area (TPSA) is 30.8 Å². The van der Waals surface area contributed by atoms with Crippen LogP contribution in [0.1, 0.15) is 0 Å². The van der Waals surface area contributed by atoms with E-state index in [0.29, 0.717) is 5.75 Å². The van der Waals surface area contributed by atoms with Crippen molar-refractivity contribution in [2.24, 2.45) is 4.99 Å². The van der Waals surface area contributed by atoms with Gasteiger partial charge >= 0.3 is 0 Å². The molecule has 1 aliphatic rings. The van der Waals surface area contributed by atoms with E-state index >= 15 is 0 Å². The molecule has 0 atom stereocenters. The number of methoxy groups -OCH3 is 2. The zero-order chi connectivity index (χ0) is 9.26. The van der Waals surface area contributed by atoms with Crippen molar-refractivity contribution in [3.63, 3.8) is 0 Å². The first-order chi connectivity index (χ1) is 6.35. The van der Waals surface area contributed by atoms with Crippen molar-refractivity contribution in [2.45, 2.75) is 4.90 Å². The van der Waals surface area contributed by atoms with Crippen molar-refractivity contribution in [1.29, 1.82) is 0 Å². The van der Waals surface area contributed by atoms with E-state index in [-0.39, 0.29) is 0 Å². The molecule has 2 rings (SSSR count). The van der Waals surface area contributed by atoms with Gasteiger partial charge in [-0.1, -0.05) is 0 Å². The van der Waals surface area contributed by atoms with Gasteiger partial charge in [0.25, 0.3) is 5.55 Å². The molecule has 4 heteroatoms. The average Bonchev–Trinajstić information content (AvgIpc) is 2.62. The third kappa shape index (κ3) is 1.34. The smallest absolute Gasteiger partial charge is 0.272 e. The molecule has 1 aromatic rings. The maximum absolute atomic E-state index is 5.15. The Morgan fingerprint density at radius 1 is 1.23 bits per heavy atom. The largest absolute Gasteiger partial charge is 0.493 e. The molecular weight excluding hydrogens is 186 g/mol. The van der Waals surface area contributed by atoms with Crippen molar-refractivity contribution in [1.82, 2.24) is 0 Å². The minimum absolute atomic E-state index is 0.703. The van der Waals surface area contributed by atoms with Gasteiger partial charge in [-0.3, -0.25) is 0 Å². The van der Waals surface area contributed by atoms with Gasteiger partial charge in [0.05, 0.1) is 20.3 Å². The van der Waals surface area contributed by atoms with Crippen LogP contribution >= 0.6 is 11.8 Å².